The van der Waals surface area contributed by atoms with Gasteiger partial charge in [0.05, 0.1) is 36.0 Å². The molecule has 0 N–H and O–H groups in total. The van der Waals surface area contributed by atoms with Crippen molar-refractivity contribution in [1.29, 1.82) is 0 Å². The summed E-state index contributed by atoms with van der Waals surface area (Å²) < 4.78 is 13.8. The standard InChI is InChI=1S/C52H56N6O2/c1-3-5-7-9-11-13-31-59-51-37-46(44-35-49(41-19-27-55-28-20-41)58-50(36-44)42-21-29-56-30-22-42)52(60-32-14-12-10-8-6-4-2)38-45(51)43-33-47(39-15-23-53-24-16-39)57-48(34-43)40-17-25-54-26-18-40/h15-30,33-38H,3-14,31-32H2,1-2H3. The third-order valence-corrected chi connectivity index (χ3v) is 10.8. The fraction of sp³-hybridized carbons (Fsp3) is 0.308. The summed E-state index contributed by atoms with van der Waals surface area (Å²) in [6, 6.07) is 29.0. The van der Waals surface area contributed by atoms with Crippen molar-refractivity contribution in [2.24, 2.45) is 0 Å². The highest BCUT2D eigenvalue weighted by atomic mass is 16.5. The van der Waals surface area contributed by atoms with Gasteiger partial charge < -0.3 is 9.47 Å². The zero-order valence-electron chi connectivity index (χ0n) is 35.1. The molecule has 0 aliphatic heterocycles. The molecule has 306 valence electrons. The topological polar surface area (TPSA) is 95.8 Å². The van der Waals surface area contributed by atoms with E-state index in [-0.39, 0.29) is 0 Å². The smallest absolute Gasteiger partial charge is 0.128 e. The molecule has 0 unspecified atom stereocenters. The second-order valence-electron chi connectivity index (χ2n) is 15.3. The van der Waals surface area contributed by atoms with Gasteiger partial charge in [0.2, 0.25) is 0 Å². The van der Waals surface area contributed by atoms with Gasteiger partial charge in [0, 0.05) is 83.0 Å². The van der Waals surface area contributed by atoms with Gasteiger partial charge in [0.25, 0.3) is 0 Å². The molecule has 0 aliphatic carbocycles. The first-order valence-electron chi connectivity index (χ1n) is 21.8. The van der Waals surface area contributed by atoms with Gasteiger partial charge in [-0.15, -0.1) is 0 Å². The van der Waals surface area contributed by atoms with Crippen molar-refractivity contribution in [3.05, 3.63) is 135 Å². The Kier molecular flexibility index (Phi) is 15.5. The van der Waals surface area contributed by atoms with Crippen LogP contribution >= 0.6 is 0 Å². The highest BCUT2D eigenvalue weighted by molar-refractivity contribution is 5.86. The maximum Gasteiger partial charge on any atom is 0.128 e. The largest absolute Gasteiger partial charge is 0.493 e. The molecule has 60 heavy (non-hydrogen) atoms. The zero-order valence-corrected chi connectivity index (χ0v) is 35.1. The Morgan fingerprint density at radius 2 is 0.617 bits per heavy atom. The number of aromatic nitrogens is 6. The number of hydrogen-bond acceptors (Lipinski definition) is 8. The fourth-order valence-electron chi connectivity index (χ4n) is 7.43. The molecule has 0 aliphatic rings. The molecule has 0 saturated heterocycles. The molecule has 0 atom stereocenters. The van der Waals surface area contributed by atoms with Gasteiger partial charge in [-0.2, -0.15) is 0 Å². The Morgan fingerprint density at radius 3 is 0.917 bits per heavy atom. The summed E-state index contributed by atoms with van der Waals surface area (Å²) in [5.41, 5.74) is 11.2. The molecule has 8 heteroatoms. The molecule has 0 saturated carbocycles. The van der Waals surface area contributed by atoms with Crippen LogP contribution in [0.3, 0.4) is 0 Å². The van der Waals surface area contributed by atoms with Crippen LogP contribution in [-0.2, 0) is 0 Å². The fourth-order valence-corrected chi connectivity index (χ4v) is 7.43. The number of ether oxygens (including phenoxy) is 2. The van der Waals surface area contributed by atoms with E-state index in [2.05, 4.69) is 70.2 Å². The normalized spacial score (nSPS) is 11.1. The van der Waals surface area contributed by atoms with Gasteiger partial charge >= 0.3 is 0 Å². The van der Waals surface area contributed by atoms with Gasteiger partial charge in [0.15, 0.2) is 0 Å². The molecule has 7 aromatic rings. The van der Waals surface area contributed by atoms with E-state index in [4.69, 9.17) is 19.4 Å². The van der Waals surface area contributed by atoms with Crippen molar-refractivity contribution in [1.82, 2.24) is 29.9 Å². The van der Waals surface area contributed by atoms with Crippen molar-refractivity contribution in [3.63, 3.8) is 0 Å². The Hall–Kier alpha value is -6.28. The number of benzene rings is 1. The summed E-state index contributed by atoms with van der Waals surface area (Å²) in [4.78, 5) is 27.4. The van der Waals surface area contributed by atoms with Crippen LogP contribution < -0.4 is 9.47 Å². The molecular formula is C52H56N6O2. The molecule has 0 fully saturated rings. The minimum atomic E-state index is 0.608. The first kappa shape index (κ1) is 41.9. The average molecular weight is 797 g/mol. The van der Waals surface area contributed by atoms with E-state index in [1.54, 1.807) is 0 Å². The summed E-state index contributed by atoms with van der Waals surface area (Å²) in [6.07, 6.45) is 28.6. The minimum Gasteiger partial charge on any atom is -0.493 e. The number of pyridine rings is 6. The van der Waals surface area contributed by atoms with E-state index in [0.717, 1.165) is 104 Å². The summed E-state index contributed by atoms with van der Waals surface area (Å²) in [6.45, 7) is 5.73. The van der Waals surface area contributed by atoms with Gasteiger partial charge in [-0.3, -0.25) is 19.9 Å². The average Bonchev–Trinajstić information content (AvgIpc) is 3.32. The molecule has 0 bridgehead atoms. The lowest BCUT2D eigenvalue weighted by Gasteiger charge is -2.20. The SMILES string of the molecule is CCCCCCCCOc1cc(-c2cc(-c3ccncc3)nc(-c3ccncc3)c2)c(OCCCCCCCC)cc1-c1cc(-c2ccncc2)nc(-c2ccncc2)c1. The lowest BCUT2D eigenvalue weighted by atomic mass is 9.94. The molecule has 0 amide bonds. The van der Waals surface area contributed by atoms with Crippen molar-refractivity contribution in [2.45, 2.75) is 90.9 Å². The molecule has 7 rings (SSSR count). The number of unbranched alkanes of at least 4 members (excludes halogenated alkanes) is 10. The maximum atomic E-state index is 6.89. The Morgan fingerprint density at radius 1 is 0.333 bits per heavy atom. The quantitative estimate of drug-likeness (QED) is 0.0626. The lowest BCUT2D eigenvalue weighted by molar-refractivity contribution is 0.298. The van der Waals surface area contributed by atoms with E-state index in [0.29, 0.717) is 13.2 Å². The summed E-state index contributed by atoms with van der Waals surface area (Å²) >= 11 is 0. The second kappa shape index (κ2) is 22.2. The predicted molar refractivity (Wildman–Crippen MR) is 244 cm³/mol. The zero-order chi connectivity index (χ0) is 41.2. The van der Waals surface area contributed by atoms with E-state index >= 15 is 0 Å². The van der Waals surface area contributed by atoms with E-state index in [1.165, 1.54) is 51.4 Å². The van der Waals surface area contributed by atoms with Crippen LogP contribution in [0.4, 0.5) is 0 Å². The molecule has 0 spiro atoms. The van der Waals surface area contributed by atoms with Crippen LogP contribution in [0.25, 0.3) is 67.3 Å². The number of nitrogens with zero attached hydrogens (tertiary/aromatic N) is 6. The van der Waals surface area contributed by atoms with Crippen LogP contribution in [-0.4, -0.2) is 43.1 Å². The van der Waals surface area contributed by atoms with E-state index in [1.807, 2.05) is 98.1 Å². The molecular weight excluding hydrogens is 741 g/mol. The third kappa shape index (κ3) is 11.5. The van der Waals surface area contributed by atoms with E-state index in [9.17, 15) is 0 Å². The second-order valence-corrected chi connectivity index (χ2v) is 15.3. The third-order valence-electron chi connectivity index (χ3n) is 10.8. The van der Waals surface area contributed by atoms with Crippen molar-refractivity contribution in [3.8, 4) is 78.8 Å². The molecule has 6 aromatic heterocycles. The summed E-state index contributed by atoms with van der Waals surface area (Å²) in [7, 11) is 0. The van der Waals surface area contributed by atoms with Gasteiger partial charge in [0.1, 0.15) is 11.5 Å². The van der Waals surface area contributed by atoms with Gasteiger partial charge in [-0.1, -0.05) is 78.1 Å². The van der Waals surface area contributed by atoms with Crippen molar-refractivity contribution < 1.29 is 9.47 Å². The van der Waals surface area contributed by atoms with Crippen LogP contribution in [0.2, 0.25) is 0 Å². The number of hydrogen-bond donors (Lipinski definition) is 0. The van der Waals surface area contributed by atoms with Crippen LogP contribution in [0.5, 0.6) is 11.5 Å². The first-order chi connectivity index (χ1) is 29.7. The minimum absolute atomic E-state index is 0.608. The molecule has 6 heterocycles. The molecule has 1 aromatic carbocycles. The van der Waals surface area contributed by atoms with Crippen molar-refractivity contribution in [2.75, 3.05) is 13.2 Å². The van der Waals surface area contributed by atoms with Gasteiger partial charge in [-0.25, -0.2) is 9.97 Å². The van der Waals surface area contributed by atoms with Gasteiger partial charge in [-0.05, 0) is 109 Å². The monoisotopic (exact) mass is 796 g/mol. The van der Waals surface area contributed by atoms with Crippen molar-refractivity contribution >= 4 is 0 Å². The molecule has 0 radical (unpaired) electrons. The Labute approximate surface area is 355 Å². The van der Waals surface area contributed by atoms with Crippen LogP contribution in [0.1, 0.15) is 90.9 Å². The Bertz CT molecular complexity index is 2080. The lowest BCUT2D eigenvalue weighted by Crippen LogP contribution is -2.04. The van der Waals surface area contributed by atoms with Crippen LogP contribution in [0, 0.1) is 0 Å². The van der Waals surface area contributed by atoms with E-state index < -0.39 is 0 Å². The highest BCUT2D eigenvalue weighted by Gasteiger charge is 2.20. The van der Waals surface area contributed by atoms with Crippen LogP contribution in [0.15, 0.2) is 135 Å². The summed E-state index contributed by atoms with van der Waals surface area (Å²) in [5, 5.41) is 0. The highest BCUT2D eigenvalue weighted by Crippen LogP contribution is 2.44. The molecule has 8 nitrogen and oxygen atoms in total. The maximum absolute atomic E-state index is 6.89. The first-order valence-corrected chi connectivity index (χ1v) is 21.8. The number of rotatable bonds is 22. The predicted octanol–water partition coefficient (Wildman–Crippen LogP) is 13.5. The Balaban J connectivity index is 1.38. The summed E-state index contributed by atoms with van der Waals surface area (Å²) in [5.74, 6) is 1.59.